The van der Waals surface area contributed by atoms with Crippen LogP contribution in [0.1, 0.15) is 45.0 Å². The second-order valence-corrected chi connectivity index (χ2v) is 6.06. The van der Waals surface area contributed by atoms with Gasteiger partial charge in [-0.05, 0) is 40.7 Å². The zero-order chi connectivity index (χ0) is 15.1. The second-order valence-electron chi connectivity index (χ2n) is 6.06. The van der Waals surface area contributed by atoms with Crippen LogP contribution in [-0.2, 0) is 9.31 Å². The summed E-state index contributed by atoms with van der Waals surface area (Å²) in [5.74, 6) is 0.526. The number of nitrogens with one attached hydrogen (secondary N) is 1. The molecule has 0 radical (unpaired) electrons. The van der Waals surface area contributed by atoms with E-state index in [1.807, 2.05) is 27.7 Å². The summed E-state index contributed by atoms with van der Waals surface area (Å²) < 4.78 is 11.9. The molecule has 1 aliphatic rings. The Morgan fingerprint density at radius 1 is 1.25 bits per heavy atom. The first-order chi connectivity index (χ1) is 9.18. The van der Waals surface area contributed by atoms with Gasteiger partial charge >= 0.3 is 7.12 Å². The number of anilines is 1. The molecule has 1 aliphatic heterocycles. The van der Waals surface area contributed by atoms with E-state index in [0.29, 0.717) is 11.4 Å². The predicted octanol–water partition coefficient (Wildman–Crippen LogP) is 1.63. The van der Waals surface area contributed by atoms with E-state index in [-0.39, 0.29) is 5.78 Å². The van der Waals surface area contributed by atoms with Gasteiger partial charge in [0.15, 0.2) is 5.78 Å². The van der Waals surface area contributed by atoms with Crippen LogP contribution in [0.15, 0.2) is 12.3 Å². The number of pyridine rings is 1. The maximum Gasteiger partial charge on any atom is 0.496 e. The highest BCUT2D eigenvalue weighted by molar-refractivity contribution is 6.62. The largest absolute Gasteiger partial charge is 0.496 e. The number of rotatable bonds is 3. The molecule has 0 saturated carbocycles. The maximum absolute atomic E-state index is 11.7. The minimum absolute atomic E-state index is 0.0415. The van der Waals surface area contributed by atoms with Crippen molar-refractivity contribution in [3.63, 3.8) is 0 Å². The summed E-state index contributed by atoms with van der Waals surface area (Å²) in [6.07, 6.45) is 1.68. The summed E-state index contributed by atoms with van der Waals surface area (Å²) in [6, 6.07) is 1.78. The lowest BCUT2D eigenvalue weighted by Gasteiger charge is -2.32. The van der Waals surface area contributed by atoms with Crippen LogP contribution in [0.4, 0.5) is 5.82 Å². The fourth-order valence-corrected chi connectivity index (χ4v) is 2.06. The normalized spacial score (nSPS) is 20.0. The fraction of sp³-hybridized carbons (Fsp3) is 0.571. The maximum atomic E-state index is 11.7. The number of nitrogens with zero attached hydrogens (tertiary/aromatic N) is 1. The van der Waals surface area contributed by atoms with E-state index in [1.165, 1.54) is 6.92 Å². The molecule has 0 unspecified atom stereocenters. The Labute approximate surface area is 120 Å². The Kier molecular flexibility index (Phi) is 3.65. The second kappa shape index (κ2) is 4.86. The molecular weight excluding hydrogens is 255 g/mol. The molecule has 20 heavy (non-hydrogen) atoms. The zero-order valence-electron chi connectivity index (χ0n) is 12.9. The van der Waals surface area contributed by atoms with Gasteiger partial charge in [-0.2, -0.15) is 0 Å². The van der Waals surface area contributed by atoms with Gasteiger partial charge in [-0.25, -0.2) is 4.98 Å². The quantitative estimate of drug-likeness (QED) is 0.671. The van der Waals surface area contributed by atoms with Crippen LogP contribution < -0.4 is 10.8 Å². The Hall–Kier alpha value is -1.40. The SMILES string of the molecule is CNc1ncc(B2OC(C)(C)C(C)(C)O2)cc1C(C)=O. The van der Waals surface area contributed by atoms with E-state index < -0.39 is 18.3 Å². The number of ketones is 1. The van der Waals surface area contributed by atoms with Crippen molar-refractivity contribution in [2.45, 2.75) is 45.8 Å². The van der Waals surface area contributed by atoms with Gasteiger partial charge in [-0.15, -0.1) is 0 Å². The van der Waals surface area contributed by atoms with Crippen LogP contribution in [0.2, 0.25) is 0 Å². The average molecular weight is 276 g/mol. The third kappa shape index (κ3) is 2.45. The molecule has 0 aliphatic carbocycles. The molecule has 2 rings (SSSR count). The molecule has 108 valence electrons. The van der Waals surface area contributed by atoms with Crippen LogP contribution in [0.25, 0.3) is 0 Å². The first kappa shape index (κ1) is 15.0. The highest BCUT2D eigenvalue weighted by Crippen LogP contribution is 2.36. The average Bonchev–Trinajstić information content (AvgIpc) is 2.57. The molecule has 0 aromatic carbocycles. The fourth-order valence-electron chi connectivity index (χ4n) is 2.06. The predicted molar refractivity (Wildman–Crippen MR) is 79.5 cm³/mol. The van der Waals surface area contributed by atoms with Crippen LogP contribution in [0.3, 0.4) is 0 Å². The van der Waals surface area contributed by atoms with Crippen LogP contribution in [-0.4, -0.2) is 36.1 Å². The first-order valence-electron chi connectivity index (χ1n) is 6.72. The Balaban J connectivity index is 2.36. The lowest BCUT2D eigenvalue weighted by molar-refractivity contribution is 0.00578. The van der Waals surface area contributed by atoms with Crippen molar-refractivity contribution >= 4 is 24.2 Å². The molecule has 2 heterocycles. The molecule has 1 N–H and O–H groups in total. The Bertz CT molecular complexity index is 527. The Morgan fingerprint density at radius 3 is 2.25 bits per heavy atom. The molecule has 1 aromatic rings. The van der Waals surface area contributed by atoms with Crippen LogP contribution >= 0.6 is 0 Å². The number of Topliss-reactive ketones (excluding diaryl/α,β-unsaturated/α-hetero) is 1. The van der Waals surface area contributed by atoms with Crippen molar-refractivity contribution in [3.05, 3.63) is 17.8 Å². The number of hydrogen-bond donors (Lipinski definition) is 1. The molecular formula is C14H21BN2O3. The van der Waals surface area contributed by atoms with E-state index in [0.717, 1.165) is 5.46 Å². The lowest BCUT2D eigenvalue weighted by Crippen LogP contribution is -2.41. The molecule has 0 amide bonds. The van der Waals surface area contributed by atoms with Gasteiger partial charge < -0.3 is 14.6 Å². The number of carbonyl (C=O) groups excluding carboxylic acids is 1. The van der Waals surface area contributed by atoms with Gasteiger partial charge in [0, 0.05) is 18.7 Å². The van der Waals surface area contributed by atoms with E-state index in [9.17, 15) is 4.79 Å². The highest BCUT2D eigenvalue weighted by atomic mass is 16.7. The van der Waals surface area contributed by atoms with Gasteiger partial charge in [0.2, 0.25) is 0 Å². The van der Waals surface area contributed by atoms with Crippen LogP contribution in [0.5, 0.6) is 0 Å². The van der Waals surface area contributed by atoms with Gasteiger partial charge in [0.05, 0.1) is 16.8 Å². The molecule has 5 nitrogen and oxygen atoms in total. The molecule has 0 spiro atoms. The smallest absolute Gasteiger partial charge is 0.399 e. The third-order valence-corrected chi connectivity index (χ3v) is 4.05. The van der Waals surface area contributed by atoms with E-state index in [4.69, 9.17) is 9.31 Å². The van der Waals surface area contributed by atoms with Gasteiger partial charge in [0.1, 0.15) is 5.82 Å². The van der Waals surface area contributed by atoms with E-state index >= 15 is 0 Å². The standard InChI is InChI=1S/C14H21BN2O3/c1-9(18)11-7-10(8-17-12(11)16-6)15-19-13(2,3)14(4,5)20-15/h7-8H,1-6H3,(H,16,17). The topological polar surface area (TPSA) is 60.5 Å². The number of aromatic nitrogens is 1. The highest BCUT2D eigenvalue weighted by Gasteiger charge is 2.51. The third-order valence-electron chi connectivity index (χ3n) is 4.05. The summed E-state index contributed by atoms with van der Waals surface area (Å²) in [6.45, 7) is 9.50. The zero-order valence-corrected chi connectivity index (χ0v) is 12.9. The molecule has 1 saturated heterocycles. The molecule has 6 heteroatoms. The van der Waals surface area contributed by atoms with Crippen molar-refractivity contribution < 1.29 is 14.1 Å². The minimum Gasteiger partial charge on any atom is -0.399 e. The van der Waals surface area contributed by atoms with Crippen molar-refractivity contribution in [3.8, 4) is 0 Å². The molecule has 0 atom stereocenters. The van der Waals surface area contributed by atoms with Gasteiger partial charge in [0.25, 0.3) is 0 Å². The van der Waals surface area contributed by atoms with Crippen molar-refractivity contribution in [1.29, 1.82) is 0 Å². The Morgan fingerprint density at radius 2 is 1.80 bits per heavy atom. The van der Waals surface area contributed by atoms with Crippen molar-refractivity contribution in [2.24, 2.45) is 0 Å². The van der Waals surface area contributed by atoms with E-state index in [2.05, 4.69) is 10.3 Å². The summed E-state index contributed by atoms with van der Waals surface area (Å²) in [5.41, 5.74) is 0.485. The van der Waals surface area contributed by atoms with Gasteiger partial charge in [-0.1, -0.05) is 0 Å². The summed E-state index contributed by atoms with van der Waals surface area (Å²) in [4.78, 5) is 16.0. The van der Waals surface area contributed by atoms with Crippen LogP contribution in [0, 0.1) is 0 Å². The monoisotopic (exact) mass is 276 g/mol. The summed E-state index contributed by atoms with van der Waals surface area (Å²) >= 11 is 0. The van der Waals surface area contributed by atoms with Crippen molar-refractivity contribution in [1.82, 2.24) is 4.98 Å². The van der Waals surface area contributed by atoms with E-state index in [1.54, 1.807) is 19.3 Å². The number of hydrogen-bond acceptors (Lipinski definition) is 5. The summed E-state index contributed by atoms with van der Waals surface area (Å²) in [7, 11) is 1.24. The van der Waals surface area contributed by atoms with Crippen molar-refractivity contribution in [2.75, 3.05) is 12.4 Å². The molecule has 1 fully saturated rings. The summed E-state index contributed by atoms with van der Waals surface area (Å²) in [5, 5.41) is 2.91. The minimum atomic E-state index is -0.503. The molecule has 0 bridgehead atoms. The number of carbonyl (C=O) groups is 1. The first-order valence-corrected chi connectivity index (χ1v) is 6.72. The van der Waals surface area contributed by atoms with Gasteiger partial charge in [-0.3, -0.25) is 4.79 Å². The molecule has 1 aromatic heterocycles. The lowest BCUT2D eigenvalue weighted by atomic mass is 9.79.